The van der Waals surface area contributed by atoms with Crippen LogP contribution < -0.4 is 5.73 Å². The van der Waals surface area contributed by atoms with Crippen LogP contribution in [-0.4, -0.2) is 9.78 Å². The van der Waals surface area contributed by atoms with Gasteiger partial charge in [0.05, 0.1) is 16.7 Å². The minimum atomic E-state index is -0.0223. The summed E-state index contributed by atoms with van der Waals surface area (Å²) in [5.41, 5.74) is 9.57. The summed E-state index contributed by atoms with van der Waals surface area (Å²) in [4.78, 5) is 0. The van der Waals surface area contributed by atoms with Gasteiger partial charge < -0.3 is 5.73 Å². The molecule has 0 aliphatic carbocycles. The van der Waals surface area contributed by atoms with E-state index in [9.17, 15) is 0 Å². The van der Waals surface area contributed by atoms with Crippen molar-refractivity contribution in [1.82, 2.24) is 9.78 Å². The van der Waals surface area contributed by atoms with Gasteiger partial charge in [-0.25, -0.2) is 4.68 Å². The molecule has 1 heterocycles. The Kier molecular flexibility index (Phi) is 3.72. The summed E-state index contributed by atoms with van der Waals surface area (Å²) in [5.74, 6) is 0.686. The van der Waals surface area contributed by atoms with Crippen LogP contribution in [0.25, 0.3) is 0 Å². The molecule has 0 saturated heterocycles. The highest BCUT2D eigenvalue weighted by Gasteiger charge is 2.24. The smallest absolute Gasteiger partial charge is 0.136 e. The average molecular weight is 322 g/mol. The van der Waals surface area contributed by atoms with Gasteiger partial charge in [-0.3, -0.25) is 0 Å². The molecule has 2 rings (SSSR count). The molecule has 1 aromatic carbocycles. The van der Waals surface area contributed by atoms with Gasteiger partial charge >= 0.3 is 0 Å². The van der Waals surface area contributed by atoms with E-state index in [4.69, 9.17) is 5.73 Å². The van der Waals surface area contributed by atoms with Crippen LogP contribution in [0.1, 0.15) is 37.6 Å². The maximum atomic E-state index is 6.13. The Hall–Kier alpha value is -1.29. The van der Waals surface area contributed by atoms with Crippen molar-refractivity contribution in [3.8, 4) is 0 Å². The molecule has 19 heavy (non-hydrogen) atoms. The lowest BCUT2D eigenvalue weighted by atomic mass is 9.92. The summed E-state index contributed by atoms with van der Waals surface area (Å²) < 4.78 is 2.77. The number of benzene rings is 1. The molecule has 4 heteroatoms. The fourth-order valence-electron chi connectivity index (χ4n) is 1.92. The molecule has 3 nitrogen and oxygen atoms in total. The Balaban J connectivity index is 2.34. The summed E-state index contributed by atoms with van der Waals surface area (Å²) in [7, 11) is 0. The van der Waals surface area contributed by atoms with Crippen LogP contribution in [0, 0.1) is 6.92 Å². The molecule has 0 radical (unpaired) electrons. The van der Waals surface area contributed by atoms with Crippen molar-refractivity contribution < 1.29 is 0 Å². The number of nitrogen functional groups attached to an aromatic ring is 1. The van der Waals surface area contributed by atoms with Crippen molar-refractivity contribution in [2.45, 2.75) is 39.7 Å². The molecular formula is C15H20BrN3. The van der Waals surface area contributed by atoms with E-state index in [0.717, 1.165) is 10.2 Å². The van der Waals surface area contributed by atoms with Gasteiger partial charge in [0, 0.05) is 5.41 Å². The van der Waals surface area contributed by atoms with Crippen molar-refractivity contribution in [2.24, 2.45) is 0 Å². The third-order valence-corrected chi connectivity index (χ3v) is 3.88. The molecule has 102 valence electrons. The Morgan fingerprint density at radius 3 is 2.26 bits per heavy atom. The van der Waals surface area contributed by atoms with E-state index in [1.54, 1.807) is 0 Å². The van der Waals surface area contributed by atoms with Gasteiger partial charge in [-0.1, -0.05) is 50.6 Å². The predicted molar refractivity (Wildman–Crippen MR) is 83.3 cm³/mol. The predicted octanol–water partition coefficient (Wildman–Crippen LogP) is 3.88. The summed E-state index contributed by atoms with van der Waals surface area (Å²) in [6.07, 6.45) is 0. The zero-order valence-electron chi connectivity index (χ0n) is 11.9. The Morgan fingerprint density at radius 2 is 1.79 bits per heavy atom. The van der Waals surface area contributed by atoms with Crippen LogP contribution in [0.3, 0.4) is 0 Å². The first kappa shape index (κ1) is 14.1. The molecule has 0 spiro atoms. The molecule has 2 N–H and O–H groups in total. The van der Waals surface area contributed by atoms with Crippen LogP contribution in [0.4, 0.5) is 5.82 Å². The lowest BCUT2D eigenvalue weighted by Crippen LogP contribution is -2.13. The number of hydrogen-bond donors (Lipinski definition) is 1. The summed E-state index contributed by atoms with van der Waals surface area (Å²) in [6.45, 7) is 9.18. The molecule has 0 fully saturated rings. The number of halogens is 1. The van der Waals surface area contributed by atoms with Crippen molar-refractivity contribution in [1.29, 1.82) is 0 Å². The van der Waals surface area contributed by atoms with Crippen LogP contribution in [0.15, 0.2) is 28.7 Å². The average Bonchev–Trinajstić information content (AvgIpc) is 2.60. The normalized spacial score (nSPS) is 11.8. The second-order valence-electron chi connectivity index (χ2n) is 5.94. The monoisotopic (exact) mass is 321 g/mol. The number of nitrogens with zero attached hydrogens (tertiary/aromatic N) is 2. The summed E-state index contributed by atoms with van der Waals surface area (Å²) in [6, 6.07) is 8.44. The van der Waals surface area contributed by atoms with Gasteiger partial charge in [0.1, 0.15) is 5.82 Å². The fourth-order valence-corrected chi connectivity index (χ4v) is 2.80. The van der Waals surface area contributed by atoms with E-state index in [1.165, 1.54) is 11.1 Å². The number of aryl methyl sites for hydroxylation is 1. The van der Waals surface area contributed by atoms with Crippen molar-refractivity contribution in [3.63, 3.8) is 0 Å². The van der Waals surface area contributed by atoms with E-state index in [-0.39, 0.29) is 5.41 Å². The van der Waals surface area contributed by atoms with Gasteiger partial charge in [0.2, 0.25) is 0 Å². The fraction of sp³-hybridized carbons (Fsp3) is 0.400. The minimum absolute atomic E-state index is 0.0223. The topological polar surface area (TPSA) is 43.8 Å². The third kappa shape index (κ3) is 3.00. The molecule has 1 aromatic heterocycles. The first-order chi connectivity index (χ1) is 8.79. The number of rotatable bonds is 2. The van der Waals surface area contributed by atoms with Crippen LogP contribution in [0.2, 0.25) is 0 Å². The molecular weight excluding hydrogens is 302 g/mol. The summed E-state index contributed by atoms with van der Waals surface area (Å²) in [5, 5.41) is 4.64. The molecule has 0 atom stereocenters. The molecule has 0 saturated carbocycles. The number of hydrogen-bond acceptors (Lipinski definition) is 2. The Labute approximate surface area is 122 Å². The highest BCUT2D eigenvalue weighted by Crippen LogP contribution is 2.33. The standard InChI is InChI=1S/C15H20BrN3/c1-10-5-7-11(8-6-10)9-19-14(17)12(16)13(18-19)15(2,3)4/h5-8H,9,17H2,1-4H3. The lowest BCUT2D eigenvalue weighted by molar-refractivity contribution is 0.544. The Bertz CT molecular complexity index is 577. The third-order valence-electron chi connectivity index (χ3n) is 3.09. The molecule has 0 bridgehead atoms. The van der Waals surface area contributed by atoms with E-state index in [2.05, 4.69) is 73.0 Å². The van der Waals surface area contributed by atoms with Gasteiger partial charge in [-0.15, -0.1) is 0 Å². The SMILES string of the molecule is Cc1ccc(Cn2nc(C(C)(C)C)c(Br)c2N)cc1. The minimum Gasteiger partial charge on any atom is -0.383 e. The quantitative estimate of drug-likeness (QED) is 0.912. The first-order valence-electron chi connectivity index (χ1n) is 6.37. The van der Waals surface area contributed by atoms with Crippen LogP contribution >= 0.6 is 15.9 Å². The molecule has 0 aliphatic rings. The summed E-state index contributed by atoms with van der Waals surface area (Å²) >= 11 is 3.55. The zero-order valence-corrected chi connectivity index (χ0v) is 13.5. The van der Waals surface area contributed by atoms with Crippen LogP contribution in [-0.2, 0) is 12.0 Å². The molecule has 2 aromatic rings. The van der Waals surface area contributed by atoms with Gasteiger partial charge in [-0.05, 0) is 28.4 Å². The van der Waals surface area contributed by atoms with Gasteiger partial charge in [0.15, 0.2) is 0 Å². The molecule has 0 amide bonds. The zero-order chi connectivity index (χ0) is 14.2. The molecule has 0 unspecified atom stereocenters. The largest absolute Gasteiger partial charge is 0.383 e. The number of nitrogens with two attached hydrogens (primary N) is 1. The maximum Gasteiger partial charge on any atom is 0.136 e. The van der Waals surface area contributed by atoms with Crippen molar-refractivity contribution in [3.05, 3.63) is 45.6 Å². The first-order valence-corrected chi connectivity index (χ1v) is 7.16. The Morgan fingerprint density at radius 1 is 1.21 bits per heavy atom. The van der Waals surface area contributed by atoms with E-state index < -0.39 is 0 Å². The highest BCUT2D eigenvalue weighted by molar-refractivity contribution is 9.10. The number of anilines is 1. The van der Waals surface area contributed by atoms with Crippen molar-refractivity contribution >= 4 is 21.7 Å². The van der Waals surface area contributed by atoms with Gasteiger partial charge in [0.25, 0.3) is 0 Å². The molecule has 0 aliphatic heterocycles. The van der Waals surface area contributed by atoms with Gasteiger partial charge in [-0.2, -0.15) is 5.10 Å². The second kappa shape index (κ2) is 5.00. The van der Waals surface area contributed by atoms with E-state index in [1.807, 2.05) is 4.68 Å². The highest BCUT2D eigenvalue weighted by atomic mass is 79.9. The lowest BCUT2D eigenvalue weighted by Gasteiger charge is -2.15. The van der Waals surface area contributed by atoms with Crippen LogP contribution in [0.5, 0.6) is 0 Å². The number of aromatic nitrogens is 2. The van der Waals surface area contributed by atoms with E-state index in [0.29, 0.717) is 12.4 Å². The van der Waals surface area contributed by atoms with Crippen molar-refractivity contribution in [2.75, 3.05) is 5.73 Å². The van der Waals surface area contributed by atoms with E-state index >= 15 is 0 Å². The second-order valence-corrected chi connectivity index (χ2v) is 6.73. The maximum absolute atomic E-state index is 6.13.